The fourth-order valence-electron chi connectivity index (χ4n) is 3.78. The quantitative estimate of drug-likeness (QED) is 0.154. The molecule has 4 aromatic rings. The second-order valence-electron chi connectivity index (χ2n) is 7.88. The average molecular weight is 502 g/mol. The minimum atomic E-state index is -0.363. The van der Waals surface area contributed by atoms with Crippen LogP contribution in [-0.4, -0.2) is 45.6 Å². The second-order valence-corrected chi connectivity index (χ2v) is 8.83. The van der Waals surface area contributed by atoms with E-state index in [9.17, 15) is 14.7 Å². The highest BCUT2D eigenvalue weighted by Gasteiger charge is 2.14. The molecule has 8 nitrogen and oxygen atoms in total. The molecule has 0 saturated carbocycles. The second kappa shape index (κ2) is 11.5. The van der Waals surface area contributed by atoms with Gasteiger partial charge in [0.05, 0.1) is 28.6 Å². The number of rotatable bonds is 9. The molecule has 0 fully saturated rings. The number of anilines is 1. The molecule has 0 aliphatic heterocycles. The van der Waals surface area contributed by atoms with E-state index in [0.717, 1.165) is 30.5 Å². The molecule has 4 rings (SSSR count). The molecule has 0 unspecified atom stereocenters. The Hall–Kier alpha value is -4.11. The van der Waals surface area contributed by atoms with Gasteiger partial charge in [0.25, 0.3) is 11.5 Å². The van der Waals surface area contributed by atoms with Crippen molar-refractivity contribution in [1.82, 2.24) is 15.0 Å². The zero-order valence-corrected chi connectivity index (χ0v) is 20.9. The number of hydrogen-bond acceptors (Lipinski definition) is 7. The van der Waals surface area contributed by atoms with E-state index in [4.69, 9.17) is 0 Å². The number of phenols is 1. The van der Waals surface area contributed by atoms with Crippen LogP contribution >= 0.6 is 11.8 Å². The fourth-order valence-corrected chi connectivity index (χ4v) is 4.58. The molecule has 1 amide bonds. The first-order valence-electron chi connectivity index (χ1n) is 11.6. The van der Waals surface area contributed by atoms with Gasteiger partial charge in [0.15, 0.2) is 5.16 Å². The van der Waals surface area contributed by atoms with Crippen LogP contribution < -0.4 is 15.9 Å². The molecule has 2 N–H and O–H groups in total. The molecule has 0 saturated heterocycles. The van der Waals surface area contributed by atoms with Gasteiger partial charge in [-0.2, -0.15) is 5.10 Å². The van der Waals surface area contributed by atoms with E-state index in [1.807, 2.05) is 42.5 Å². The molecule has 0 aliphatic rings. The van der Waals surface area contributed by atoms with Gasteiger partial charge in [-0.3, -0.25) is 14.2 Å². The van der Waals surface area contributed by atoms with E-state index in [0.29, 0.717) is 27.3 Å². The number of carbonyl (C=O) groups is 1. The molecule has 0 radical (unpaired) electrons. The summed E-state index contributed by atoms with van der Waals surface area (Å²) in [4.78, 5) is 32.4. The number of fused-ring (bicyclic) bond motifs is 1. The summed E-state index contributed by atoms with van der Waals surface area (Å²) in [6.45, 7) is 5.77. The van der Waals surface area contributed by atoms with Gasteiger partial charge in [-0.25, -0.2) is 10.4 Å². The number of aromatic nitrogens is 2. The number of hydrogen-bond donors (Lipinski definition) is 2. The fraction of sp³-hybridized carbons (Fsp3) is 0.185. The summed E-state index contributed by atoms with van der Waals surface area (Å²) in [6.07, 6.45) is 1.40. The van der Waals surface area contributed by atoms with Gasteiger partial charge in [0, 0.05) is 30.4 Å². The summed E-state index contributed by atoms with van der Waals surface area (Å²) in [6, 6.07) is 21.7. The number of aromatic hydroxyl groups is 1. The summed E-state index contributed by atoms with van der Waals surface area (Å²) in [7, 11) is 0. The first kappa shape index (κ1) is 25.0. The molecule has 0 aliphatic carbocycles. The van der Waals surface area contributed by atoms with Gasteiger partial charge >= 0.3 is 0 Å². The van der Waals surface area contributed by atoms with E-state index in [-0.39, 0.29) is 23.0 Å². The number of phenolic OH excluding ortho intramolecular Hbond substituents is 1. The first-order valence-corrected chi connectivity index (χ1v) is 12.6. The maximum Gasteiger partial charge on any atom is 0.266 e. The molecule has 1 aromatic heterocycles. The third-order valence-electron chi connectivity index (χ3n) is 5.63. The largest absolute Gasteiger partial charge is 0.507 e. The normalized spacial score (nSPS) is 11.2. The van der Waals surface area contributed by atoms with Gasteiger partial charge in [0.1, 0.15) is 5.75 Å². The van der Waals surface area contributed by atoms with Crippen molar-refractivity contribution < 1.29 is 9.90 Å². The first-order chi connectivity index (χ1) is 17.5. The van der Waals surface area contributed by atoms with Crippen molar-refractivity contribution in [3.8, 4) is 11.4 Å². The van der Waals surface area contributed by atoms with Crippen LogP contribution in [0.1, 0.15) is 19.4 Å². The minimum Gasteiger partial charge on any atom is -0.507 e. The number of amides is 1. The van der Waals surface area contributed by atoms with Crippen molar-refractivity contribution in [2.75, 3.05) is 23.7 Å². The molecule has 3 aromatic carbocycles. The molecule has 1 heterocycles. The van der Waals surface area contributed by atoms with Gasteiger partial charge in [-0.1, -0.05) is 42.1 Å². The molecule has 36 heavy (non-hydrogen) atoms. The predicted octanol–water partition coefficient (Wildman–Crippen LogP) is 4.18. The zero-order valence-electron chi connectivity index (χ0n) is 20.1. The number of nitrogens with one attached hydrogen (secondary N) is 1. The van der Waals surface area contributed by atoms with E-state index in [1.54, 1.807) is 30.3 Å². The van der Waals surface area contributed by atoms with Gasteiger partial charge < -0.3 is 10.0 Å². The topological polar surface area (TPSA) is 99.8 Å². The van der Waals surface area contributed by atoms with Crippen molar-refractivity contribution in [3.05, 3.63) is 88.7 Å². The smallest absolute Gasteiger partial charge is 0.266 e. The Balaban J connectivity index is 1.48. The Labute approximate surface area is 213 Å². The van der Waals surface area contributed by atoms with E-state index in [1.165, 1.54) is 10.8 Å². The third kappa shape index (κ3) is 5.58. The van der Waals surface area contributed by atoms with Gasteiger partial charge in [-0.15, -0.1) is 0 Å². The molecule has 184 valence electrons. The lowest BCUT2D eigenvalue weighted by atomic mass is 10.2. The van der Waals surface area contributed by atoms with Crippen LogP contribution in [0.15, 0.2) is 87.8 Å². The van der Waals surface area contributed by atoms with E-state index < -0.39 is 0 Å². The Bertz CT molecular complexity index is 1450. The van der Waals surface area contributed by atoms with Crippen LogP contribution in [-0.2, 0) is 4.79 Å². The van der Waals surface area contributed by atoms with Crippen LogP contribution in [0.4, 0.5) is 5.69 Å². The van der Waals surface area contributed by atoms with Crippen LogP contribution in [0.25, 0.3) is 16.6 Å². The highest BCUT2D eigenvalue weighted by atomic mass is 32.2. The van der Waals surface area contributed by atoms with E-state index >= 15 is 0 Å². The number of para-hydroxylation sites is 2. The lowest BCUT2D eigenvalue weighted by Crippen LogP contribution is -2.24. The van der Waals surface area contributed by atoms with Crippen LogP contribution in [0.3, 0.4) is 0 Å². The Morgan fingerprint density at radius 1 is 1.08 bits per heavy atom. The van der Waals surface area contributed by atoms with Crippen molar-refractivity contribution >= 4 is 40.5 Å². The molecular weight excluding hydrogens is 474 g/mol. The van der Waals surface area contributed by atoms with Crippen molar-refractivity contribution in [3.63, 3.8) is 0 Å². The lowest BCUT2D eigenvalue weighted by molar-refractivity contribution is -0.118. The molecule has 9 heteroatoms. The highest BCUT2D eigenvalue weighted by Crippen LogP contribution is 2.24. The van der Waals surface area contributed by atoms with Crippen molar-refractivity contribution in [1.29, 1.82) is 0 Å². The maximum absolute atomic E-state index is 13.2. The summed E-state index contributed by atoms with van der Waals surface area (Å²) in [5, 5.41) is 15.2. The molecular formula is C27H27N5O3S. The van der Waals surface area contributed by atoms with Gasteiger partial charge in [0.2, 0.25) is 0 Å². The number of nitrogens with zero attached hydrogens (tertiary/aromatic N) is 4. The number of hydrazone groups is 1. The average Bonchev–Trinajstić information content (AvgIpc) is 2.90. The number of thioether (sulfide) groups is 1. The van der Waals surface area contributed by atoms with Crippen LogP contribution in [0.5, 0.6) is 5.75 Å². The maximum atomic E-state index is 13.2. The highest BCUT2D eigenvalue weighted by molar-refractivity contribution is 7.99. The standard InChI is InChI=1S/C27H27N5O3S/c1-3-31(4-2)21-15-14-19(24(33)16-21)17-28-30-25(34)18-36-27-29-23-13-9-8-12-22(23)26(35)32(27)20-10-6-5-7-11-20/h5-17,33H,3-4,18H2,1-2H3,(H,30,34)/b28-17+. The number of benzene rings is 3. The van der Waals surface area contributed by atoms with Crippen LogP contribution in [0.2, 0.25) is 0 Å². The van der Waals surface area contributed by atoms with Crippen molar-refractivity contribution in [2.45, 2.75) is 19.0 Å². The molecule has 0 bridgehead atoms. The Kier molecular flexibility index (Phi) is 8.02. The van der Waals surface area contributed by atoms with E-state index in [2.05, 4.69) is 34.3 Å². The molecule has 0 spiro atoms. The zero-order chi connectivity index (χ0) is 25.5. The number of carbonyl (C=O) groups excluding carboxylic acids is 1. The van der Waals surface area contributed by atoms with Gasteiger partial charge in [-0.05, 0) is 50.2 Å². The summed E-state index contributed by atoms with van der Waals surface area (Å²) in [5.74, 6) is -0.279. The monoisotopic (exact) mass is 501 g/mol. The SMILES string of the molecule is CCN(CC)c1ccc(/C=N/NC(=O)CSc2nc3ccccc3c(=O)n2-c2ccccc2)c(O)c1. The Morgan fingerprint density at radius 2 is 1.81 bits per heavy atom. The summed E-state index contributed by atoms with van der Waals surface area (Å²) >= 11 is 1.15. The predicted molar refractivity (Wildman–Crippen MR) is 145 cm³/mol. The molecule has 0 atom stereocenters. The van der Waals surface area contributed by atoms with Crippen LogP contribution in [0, 0.1) is 0 Å². The Morgan fingerprint density at radius 3 is 2.53 bits per heavy atom. The third-order valence-corrected chi connectivity index (χ3v) is 6.57. The summed E-state index contributed by atoms with van der Waals surface area (Å²) < 4.78 is 1.51. The summed E-state index contributed by atoms with van der Waals surface area (Å²) in [5.41, 5.74) is 4.93. The van der Waals surface area contributed by atoms with Crippen molar-refractivity contribution in [2.24, 2.45) is 5.10 Å². The lowest BCUT2D eigenvalue weighted by Gasteiger charge is -2.21. The minimum absolute atomic E-state index is 0.00182.